The van der Waals surface area contributed by atoms with Crippen LogP contribution < -0.4 is 0 Å². The van der Waals surface area contributed by atoms with Crippen molar-refractivity contribution in [3.05, 3.63) is 30.1 Å². The minimum Gasteiger partial charge on any atom is -0.396 e. The van der Waals surface area contributed by atoms with E-state index in [0.717, 1.165) is 6.42 Å². The van der Waals surface area contributed by atoms with Crippen LogP contribution in [0, 0.1) is 5.92 Å². The number of rotatable bonds is 2. The van der Waals surface area contributed by atoms with Gasteiger partial charge in [-0.15, -0.1) is 0 Å². The third kappa shape index (κ3) is 1.26. The Labute approximate surface area is 65.9 Å². The Morgan fingerprint density at radius 2 is 2.18 bits per heavy atom. The van der Waals surface area contributed by atoms with Gasteiger partial charge in [-0.1, -0.05) is 0 Å². The van der Waals surface area contributed by atoms with Gasteiger partial charge < -0.3 is 5.11 Å². The number of hydrogen-bond donors (Lipinski definition) is 1. The van der Waals surface area contributed by atoms with Crippen molar-refractivity contribution in [3.8, 4) is 0 Å². The lowest BCUT2D eigenvalue weighted by Gasteiger charge is -1.95. The van der Waals surface area contributed by atoms with Crippen LogP contribution in [-0.2, 0) is 0 Å². The predicted molar refractivity (Wildman–Crippen MR) is 42.2 cm³/mol. The fourth-order valence-electron chi connectivity index (χ4n) is 1.47. The van der Waals surface area contributed by atoms with Gasteiger partial charge in [-0.25, -0.2) is 0 Å². The molecule has 0 bridgehead atoms. The summed E-state index contributed by atoms with van der Waals surface area (Å²) in [4.78, 5) is 3.94. The van der Waals surface area contributed by atoms with E-state index in [0.29, 0.717) is 18.4 Å². The van der Waals surface area contributed by atoms with Crippen molar-refractivity contribution >= 4 is 0 Å². The van der Waals surface area contributed by atoms with Crippen molar-refractivity contribution in [2.24, 2.45) is 5.92 Å². The van der Waals surface area contributed by atoms with Crippen LogP contribution in [-0.4, -0.2) is 16.7 Å². The van der Waals surface area contributed by atoms with E-state index >= 15 is 0 Å². The molecule has 1 saturated carbocycles. The average molecular weight is 149 g/mol. The molecular weight excluding hydrogens is 138 g/mol. The van der Waals surface area contributed by atoms with Crippen molar-refractivity contribution in [1.82, 2.24) is 4.98 Å². The summed E-state index contributed by atoms with van der Waals surface area (Å²) in [6.45, 7) is 0.326. The number of hydrogen-bond acceptors (Lipinski definition) is 2. The van der Waals surface area contributed by atoms with Crippen LogP contribution in [0.2, 0.25) is 0 Å². The smallest absolute Gasteiger partial charge is 0.0465 e. The molecule has 1 aromatic heterocycles. The zero-order valence-electron chi connectivity index (χ0n) is 6.27. The summed E-state index contributed by atoms with van der Waals surface area (Å²) in [5.74, 6) is 1.11. The summed E-state index contributed by atoms with van der Waals surface area (Å²) in [6.07, 6.45) is 4.75. The van der Waals surface area contributed by atoms with Gasteiger partial charge in [0.05, 0.1) is 0 Å². The van der Waals surface area contributed by atoms with Gasteiger partial charge in [0.25, 0.3) is 0 Å². The molecule has 2 rings (SSSR count). The summed E-state index contributed by atoms with van der Waals surface area (Å²) in [6, 6.07) is 4.06. The summed E-state index contributed by atoms with van der Waals surface area (Å²) in [5.41, 5.74) is 1.32. The lowest BCUT2D eigenvalue weighted by molar-refractivity contribution is 0.274. The van der Waals surface area contributed by atoms with Gasteiger partial charge in [-0.3, -0.25) is 4.98 Å². The molecule has 0 saturated heterocycles. The second-order valence-electron chi connectivity index (χ2n) is 3.07. The molecule has 58 valence electrons. The molecule has 1 aromatic rings. The molecular formula is C9H11NO. The topological polar surface area (TPSA) is 33.1 Å². The first-order chi connectivity index (χ1) is 5.42. The fourth-order valence-corrected chi connectivity index (χ4v) is 1.47. The molecule has 11 heavy (non-hydrogen) atoms. The molecule has 0 spiro atoms. The van der Waals surface area contributed by atoms with Gasteiger partial charge in [-0.2, -0.15) is 0 Å². The van der Waals surface area contributed by atoms with Crippen LogP contribution in [0.5, 0.6) is 0 Å². The lowest BCUT2D eigenvalue weighted by Crippen LogP contribution is -1.88. The van der Waals surface area contributed by atoms with Crippen LogP contribution >= 0.6 is 0 Å². The van der Waals surface area contributed by atoms with Crippen molar-refractivity contribution in [3.63, 3.8) is 0 Å². The zero-order chi connectivity index (χ0) is 7.68. The molecule has 0 amide bonds. The van der Waals surface area contributed by atoms with E-state index in [1.54, 1.807) is 0 Å². The average Bonchev–Trinajstić information content (AvgIpc) is 2.85. The van der Waals surface area contributed by atoms with Crippen LogP contribution in [0.15, 0.2) is 24.5 Å². The monoisotopic (exact) mass is 149 g/mol. The molecule has 2 heteroatoms. The molecule has 1 N–H and O–H groups in total. The second-order valence-corrected chi connectivity index (χ2v) is 3.07. The Kier molecular flexibility index (Phi) is 1.62. The van der Waals surface area contributed by atoms with Crippen LogP contribution in [0.4, 0.5) is 0 Å². The fraction of sp³-hybridized carbons (Fsp3) is 0.444. The third-order valence-electron chi connectivity index (χ3n) is 2.29. The van der Waals surface area contributed by atoms with E-state index in [4.69, 9.17) is 5.11 Å². The Hall–Kier alpha value is -0.890. The van der Waals surface area contributed by atoms with E-state index in [9.17, 15) is 0 Å². The SMILES string of the molecule is OC[C@@H]1CC1c1ccncc1. The van der Waals surface area contributed by atoms with E-state index in [2.05, 4.69) is 4.98 Å². The quantitative estimate of drug-likeness (QED) is 0.684. The third-order valence-corrected chi connectivity index (χ3v) is 2.29. The largest absolute Gasteiger partial charge is 0.396 e. The molecule has 0 aliphatic heterocycles. The molecule has 1 fully saturated rings. The van der Waals surface area contributed by atoms with Crippen LogP contribution in [0.3, 0.4) is 0 Å². The van der Waals surface area contributed by atoms with Crippen molar-refractivity contribution < 1.29 is 5.11 Å². The van der Waals surface area contributed by atoms with E-state index in [1.807, 2.05) is 24.5 Å². The molecule has 1 aliphatic rings. The maximum atomic E-state index is 8.82. The lowest BCUT2D eigenvalue weighted by atomic mass is 10.1. The Morgan fingerprint density at radius 3 is 2.73 bits per heavy atom. The molecule has 1 aliphatic carbocycles. The first-order valence-electron chi connectivity index (χ1n) is 3.92. The van der Waals surface area contributed by atoms with Crippen LogP contribution in [0.1, 0.15) is 17.9 Å². The minimum atomic E-state index is 0.326. The number of aliphatic hydroxyl groups excluding tert-OH is 1. The molecule has 1 unspecified atom stereocenters. The molecule has 2 atom stereocenters. The van der Waals surface area contributed by atoms with Gasteiger partial charge in [0, 0.05) is 19.0 Å². The number of aromatic nitrogens is 1. The Morgan fingerprint density at radius 1 is 1.45 bits per heavy atom. The maximum Gasteiger partial charge on any atom is 0.0465 e. The van der Waals surface area contributed by atoms with Gasteiger partial charge >= 0.3 is 0 Å². The number of pyridine rings is 1. The highest BCUT2D eigenvalue weighted by Crippen LogP contribution is 2.46. The summed E-state index contributed by atoms with van der Waals surface area (Å²) in [7, 11) is 0. The normalized spacial score (nSPS) is 28.5. The molecule has 0 aromatic carbocycles. The van der Waals surface area contributed by atoms with Crippen LogP contribution in [0.25, 0.3) is 0 Å². The van der Waals surface area contributed by atoms with E-state index in [-0.39, 0.29) is 0 Å². The number of aliphatic hydroxyl groups is 1. The zero-order valence-corrected chi connectivity index (χ0v) is 6.27. The highest BCUT2D eigenvalue weighted by Gasteiger charge is 2.37. The standard InChI is InChI=1S/C9H11NO/c11-6-8-5-9(8)7-1-3-10-4-2-7/h1-4,8-9,11H,5-6H2/t8-,9?/m0/s1. The van der Waals surface area contributed by atoms with Gasteiger partial charge in [-0.05, 0) is 36.0 Å². The van der Waals surface area contributed by atoms with E-state index in [1.165, 1.54) is 5.56 Å². The summed E-state index contributed by atoms with van der Waals surface area (Å²) >= 11 is 0. The van der Waals surface area contributed by atoms with Gasteiger partial charge in [0.1, 0.15) is 0 Å². The van der Waals surface area contributed by atoms with E-state index < -0.39 is 0 Å². The predicted octanol–water partition coefficient (Wildman–Crippen LogP) is 1.18. The minimum absolute atomic E-state index is 0.326. The first-order valence-corrected chi connectivity index (χ1v) is 3.92. The van der Waals surface area contributed by atoms with Crippen molar-refractivity contribution in [2.75, 3.05) is 6.61 Å². The second kappa shape index (κ2) is 2.62. The first kappa shape index (κ1) is 6.80. The van der Waals surface area contributed by atoms with Crippen molar-refractivity contribution in [1.29, 1.82) is 0 Å². The molecule has 1 heterocycles. The number of nitrogens with zero attached hydrogens (tertiary/aromatic N) is 1. The summed E-state index contributed by atoms with van der Waals surface area (Å²) in [5, 5.41) is 8.82. The van der Waals surface area contributed by atoms with Gasteiger partial charge in [0.15, 0.2) is 0 Å². The maximum absolute atomic E-state index is 8.82. The molecule has 2 nitrogen and oxygen atoms in total. The highest BCUT2D eigenvalue weighted by molar-refractivity contribution is 5.22. The molecule has 0 radical (unpaired) electrons. The highest BCUT2D eigenvalue weighted by atomic mass is 16.3. The Balaban J connectivity index is 2.09. The summed E-state index contributed by atoms with van der Waals surface area (Å²) < 4.78 is 0. The Bertz CT molecular complexity index is 235. The van der Waals surface area contributed by atoms with Crippen molar-refractivity contribution in [2.45, 2.75) is 12.3 Å². The van der Waals surface area contributed by atoms with Gasteiger partial charge in [0.2, 0.25) is 0 Å².